The summed E-state index contributed by atoms with van der Waals surface area (Å²) in [7, 11) is 0. The van der Waals surface area contributed by atoms with Crippen molar-refractivity contribution in [3.8, 4) is 0 Å². The highest BCUT2D eigenvalue weighted by atomic mass is 35.5. The Morgan fingerprint density at radius 1 is 1.56 bits per heavy atom. The summed E-state index contributed by atoms with van der Waals surface area (Å²) in [6, 6.07) is 2.90. The molecule has 0 aliphatic heterocycles. The molecular weight excluding hydrogens is 236 g/mol. The number of benzene rings is 1. The van der Waals surface area contributed by atoms with Crippen LogP contribution in [0.25, 0.3) is 0 Å². The minimum atomic E-state index is -0.817. The molecule has 0 unspecified atom stereocenters. The molecule has 6 heteroatoms. The average Bonchev–Trinajstić information content (AvgIpc) is 2.25. The topological polar surface area (TPSA) is 55.3 Å². The summed E-state index contributed by atoms with van der Waals surface area (Å²) in [6.45, 7) is 0.707. The van der Waals surface area contributed by atoms with Crippen molar-refractivity contribution in [3.05, 3.63) is 40.4 Å². The summed E-state index contributed by atoms with van der Waals surface area (Å²) in [4.78, 5) is 0. The number of rotatable bonds is 3. The molecule has 1 rings (SSSR count). The molecule has 16 heavy (non-hydrogen) atoms. The second-order valence-corrected chi connectivity index (χ2v) is 3.66. The maximum atomic E-state index is 13.4. The summed E-state index contributed by atoms with van der Waals surface area (Å²) in [5.74, 6) is 5.04. The normalized spacial score (nSPS) is 11.7. The highest BCUT2D eigenvalue weighted by molar-refractivity contribution is 6.30. The largest absolute Gasteiger partial charge is 0.399 e. The molecule has 0 spiro atoms. The summed E-state index contributed by atoms with van der Waals surface area (Å²) in [5.41, 5.74) is 5.88. The van der Waals surface area contributed by atoms with Gasteiger partial charge in [-0.15, -0.1) is 0 Å². The molecular formula is C10H12ClF2N3. The number of anilines is 1. The molecule has 0 amide bonds. The Morgan fingerprint density at radius 3 is 2.75 bits per heavy atom. The van der Waals surface area contributed by atoms with E-state index in [1.807, 2.05) is 0 Å². The SMILES string of the molecule is Cc1c(N(N)/C=C(\N)CF)ccc(Cl)c1F. The second-order valence-electron chi connectivity index (χ2n) is 3.25. The highest BCUT2D eigenvalue weighted by Crippen LogP contribution is 2.26. The number of hydrogen-bond acceptors (Lipinski definition) is 3. The van der Waals surface area contributed by atoms with Gasteiger partial charge in [-0.05, 0) is 19.1 Å². The summed E-state index contributed by atoms with van der Waals surface area (Å²) >= 11 is 5.59. The molecule has 0 bridgehead atoms. The Morgan fingerprint density at radius 2 is 2.19 bits per heavy atom. The summed E-state index contributed by atoms with van der Waals surface area (Å²) in [5, 5.41) is 1.07. The van der Waals surface area contributed by atoms with E-state index in [2.05, 4.69) is 0 Å². The Labute approximate surface area is 97.2 Å². The Bertz CT molecular complexity index is 421. The molecule has 1 aromatic rings. The van der Waals surface area contributed by atoms with Gasteiger partial charge in [-0.1, -0.05) is 11.6 Å². The molecule has 3 nitrogen and oxygen atoms in total. The van der Waals surface area contributed by atoms with Gasteiger partial charge in [-0.25, -0.2) is 14.6 Å². The number of nitrogens with zero attached hydrogens (tertiary/aromatic N) is 1. The van der Waals surface area contributed by atoms with Gasteiger partial charge in [0.2, 0.25) is 0 Å². The van der Waals surface area contributed by atoms with Gasteiger partial charge < -0.3 is 5.73 Å². The zero-order valence-electron chi connectivity index (χ0n) is 8.67. The van der Waals surface area contributed by atoms with Gasteiger partial charge in [-0.3, -0.25) is 5.01 Å². The third-order valence-corrected chi connectivity index (χ3v) is 2.34. The Balaban J connectivity index is 3.10. The van der Waals surface area contributed by atoms with Crippen LogP contribution in [-0.4, -0.2) is 6.67 Å². The molecule has 0 saturated carbocycles. The monoisotopic (exact) mass is 247 g/mol. The van der Waals surface area contributed by atoms with Crippen LogP contribution in [0.3, 0.4) is 0 Å². The van der Waals surface area contributed by atoms with Gasteiger partial charge in [0.1, 0.15) is 12.5 Å². The van der Waals surface area contributed by atoms with E-state index in [-0.39, 0.29) is 16.3 Å². The standard InChI is InChI=1S/C10H12ClF2N3/c1-6-9(3-2-8(11)10(6)13)16(15)5-7(14)4-12/h2-3,5H,4,14-15H2,1H3/b7-5-. The van der Waals surface area contributed by atoms with Crippen LogP contribution >= 0.6 is 11.6 Å². The van der Waals surface area contributed by atoms with Crippen molar-refractivity contribution in [1.29, 1.82) is 0 Å². The van der Waals surface area contributed by atoms with Crippen LogP contribution in [-0.2, 0) is 0 Å². The average molecular weight is 248 g/mol. The first-order valence-corrected chi connectivity index (χ1v) is 4.85. The van der Waals surface area contributed by atoms with Gasteiger partial charge >= 0.3 is 0 Å². The third kappa shape index (κ3) is 2.62. The van der Waals surface area contributed by atoms with Crippen molar-refractivity contribution in [2.75, 3.05) is 11.7 Å². The van der Waals surface area contributed by atoms with Gasteiger partial charge in [0.15, 0.2) is 0 Å². The van der Waals surface area contributed by atoms with E-state index < -0.39 is 12.5 Å². The van der Waals surface area contributed by atoms with Gasteiger partial charge in [0.25, 0.3) is 0 Å². The van der Waals surface area contributed by atoms with Gasteiger partial charge in [-0.2, -0.15) is 0 Å². The van der Waals surface area contributed by atoms with Crippen LogP contribution < -0.4 is 16.6 Å². The molecule has 0 aliphatic carbocycles. The molecule has 88 valence electrons. The zero-order chi connectivity index (χ0) is 12.3. The molecule has 4 N–H and O–H groups in total. The van der Waals surface area contributed by atoms with Crippen LogP contribution in [0.2, 0.25) is 5.02 Å². The first-order chi connectivity index (χ1) is 7.47. The summed E-state index contributed by atoms with van der Waals surface area (Å²) in [6.07, 6.45) is 1.19. The minimum absolute atomic E-state index is 0.0112. The first kappa shape index (κ1) is 12.7. The number of alkyl halides is 1. The molecule has 0 aromatic heterocycles. The predicted molar refractivity (Wildman–Crippen MR) is 61.1 cm³/mol. The van der Waals surface area contributed by atoms with Gasteiger partial charge in [0, 0.05) is 11.8 Å². The quantitative estimate of drug-likeness (QED) is 0.636. The molecule has 0 saturated heterocycles. The van der Waals surface area contributed by atoms with E-state index in [1.54, 1.807) is 0 Å². The van der Waals surface area contributed by atoms with Gasteiger partial charge in [0.05, 0.1) is 16.4 Å². The fourth-order valence-corrected chi connectivity index (χ4v) is 1.41. The zero-order valence-corrected chi connectivity index (χ0v) is 9.43. The summed E-state index contributed by atoms with van der Waals surface area (Å²) < 4.78 is 25.6. The van der Waals surface area contributed by atoms with Crippen LogP contribution in [0, 0.1) is 12.7 Å². The lowest BCUT2D eigenvalue weighted by Crippen LogP contribution is -2.27. The van der Waals surface area contributed by atoms with Crippen LogP contribution in [0.5, 0.6) is 0 Å². The van der Waals surface area contributed by atoms with E-state index in [9.17, 15) is 8.78 Å². The van der Waals surface area contributed by atoms with Crippen LogP contribution in [0.4, 0.5) is 14.5 Å². The van der Waals surface area contributed by atoms with E-state index in [4.69, 9.17) is 23.2 Å². The number of nitrogens with two attached hydrogens (primary N) is 2. The Kier molecular flexibility index (Phi) is 4.09. The Hall–Kier alpha value is -1.33. The van der Waals surface area contributed by atoms with Crippen molar-refractivity contribution in [1.82, 2.24) is 0 Å². The predicted octanol–water partition coefficient (Wildman–Crippen LogP) is 2.24. The van der Waals surface area contributed by atoms with Crippen molar-refractivity contribution < 1.29 is 8.78 Å². The van der Waals surface area contributed by atoms with Crippen molar-refractivity contribution in [2.24, 2.45) is 11.6 Å². The number of hydrazine groups is 1. The van der Waals surface area contributed by atoms with Crippen LogP contribution in [0.15, 0.2) is 24.0 Å². The van der Waals surface area contributed by atoms with E-state index in [0.29, 0.717) is 5.69 Å². The lowest BCUT2D eigenvalue weighted by Gasteiger charge is -2.17. The maximum Gasteiger partial charge on any atom is 0.146 e. The molecule has 0 fully saturated rings. The molecule has 0 heterocycles. The molecule has 0 aliphatic rings. The molecule has 1 aromatic carbocycles. The fraction of sp³-hybridized carbons (Fsp3) is 0.200. The van der Waals surface area contributed by atoms with Crippen LogP contribution in [0.1, 0.15) is 5.56 Å². The van der Waals surface area contributed by atoms with Crippen molar-refractivity contribution in [3.63, 3.8) is 0 Å². The van der Waals surface area contributed by atoms with E-state index in [0.717, 1.165) is 5.01 Å². The van der Waals surface area contributed by atoms with E-state index >= 15 is 0 Å². The minimum Gasteiger partial charge on any atom is -0.399 e. The smallest absolute Gasteiger partial charge is 0.146 e. The number of allylic oxidation sites excluding steroid dienone is 1. The number of hydrogen-bond donors (Lipinski definition) is 2. The highest BCUT2D eigenvalue weighted by Gasteiger charge is 2.11. The van der Waals surface area contributed by atoms with Crippen molar-refractivity contribution >= 4 is 17.3 Å². The third-order valence-electron chi connectivity index (χ3n) is 2.05. The lowest BCUT2D eigenvalue weighted by atomic mass is 10.2. The lowest BCUT2D eigenvalue weighted by molar-refractivity contribution is 0.538. The van der Waals surface area contributed by atoms with Crippen molar-refractivity contribution in [2.45, 2.75) is 6.92 Å². The fourth-order valence-electron chi connectivity index (χ4n) is 1.20. The first-order valence-electron chi connectivity index (χ1n) is 4.48. The molecule has 0 atom stereocenters. The van der Waals surface area contributed by atoms with E-state index in [1.165, 1.54) is 25.3 Å². The maximum absolute atomic E-state index is 13.4. The second kappa shape index (κ2) is 5.14. The number of halogens is 3. The molecule has 0 radical (unpaired) electrons.